The second kappa shape index (κ2) is 10.4. The van der Waals surface area contributed by atoms with Crippen molar-refractivity contribution in [2.75, 3.05) is 6.61 Å². The number of esters is 1. The zero-order valence-corrected chi connectivity index (χ0v) is 21.5. The van der Waals surface area contributed by atoms with Gasteiger partial charge in [-0.1, -0.05) is 27.7 Å². The number of aliphatic hydroxyl groups is 2. The number of alkyl halides is 4. The van der Waals surface area contributed by atoms with E-state index in [1.807, 2.05) is 27.7 Å². The van der Waals surface area contributed by atoms with Gasteiger partial charge in [0.2, 0.25) is 0 Å². The minimum absolute atomic E-state index is 0.115. The van der Waals surface area contributed by atoms with Crippen molar-refractivity contribution in [2.24, 2.45) is 29.6 Å². The van der Waals surface area contributed by atoms with E-state index in [9.17, 15) is 41.0 Å². The molecule has 4 atom stereocenters. The molecule has 2 bridgehead atoms. The van der Waals surface area contributed by atoms with Crippen molar-refractivity contribution < 1.29 is 50.3 Å². The first-order chi connectivity index (χ1) is 15.9. The highest BCUT2D eigenvalue weighted by molar-refractivity contribution is 7.87. The van der Waals surface area contributed by atoms with Crippen molar-refractivity contribution in [3.05, 3.63) is 0 Å². The molecular formula is C23H38F4O7S. The largest absolute Gasteiger partial charge is 0.465 e. The molecule has 0 aromatic carbocycles. The van der Waals surface area contributed by atoms with Gasteiger partial charge in [0.05, 0.1) is 30.1 Å². The van der Waals surface area contributed by atoms with Gasteiger partial charge >= 0.3 is 27.3 Å². The van der Waals surface area contributed by atoms with Crippen molar-refractivity contribution in [1.82, 2.24) is 0 Å². The molecule has 0 saturated heterocycles. The summed E-state index contributed by atoms with van der Waals surface area (Å²) in [5.74, 6) is -7.51. The van der Waals surface area contributed by atoms with Gasteiger partial charge in [-0.15, -0.1) is 0 Å². The summed E-state index contributed by atoms with van der Waals surface area (Å²) >= 11 is 0. The molecule has 0 amide bonds. The van der Waals surface area contributed by atoms with Crippen molar-refractivity contribution in [3.63, 3.8) is 0 Å². The summed E-state index contributed by atoms with van der Waals surface area (Å²) in [5.41, 5.74) is -2.10. The molecule has 2 aliphatic rings. The van der Waals surface area contributed by atoms with E-state index in [0.717, 1.165) is 0 Å². The van der Waals surface area contributed by atoms with Crippen LogP contribution in [0.3, 0.4) is 0 Å². The van der Waals surface area contributed by atoms with Gasteiger partial charge in [-0.05, 0) is 68.6 Å². The normalized spacial score (nSPS) is 28.3. The Kier molecular flexibility index (Phi) is 9.00. The molecule has 3 N–H and O–H groups in total. The summed E-state index contributed by atoms with van der Waals surface area (Å²) in [5, 5.41) is 17.2. The van der Waals surface area contributed by atoms with E-state index in [1.54, 1.807) is 0 Å². The molecule has 2 rings (SSSR count). The maximum atomic E-state index is 13.7. The quantitative estimate of drug-likeness (QED) is 0.193. The standard InChI is InChI=1S/C23H38F4O7S/c1-5-20(29,6-2)17-14-11-15(18(17)21(30,7-3)8-4)13-16(12-14)19(28)34-10-9-22(24,25)23(26,27)35(31,32)33/h14-18,29-30H,5-13H2,1-4H3,(H,31,32,33). The Bertz CT molecular complexity index is 824. The fourth-order valence-electron chi connectivity index (χ4n) is 6.49. The monoisotopic (exact) mass is 534 g/mol. The van der Waals surface area contributed by atoms with Crippen LogP contribution in [0.25, 0.3) is 0 Å². The van der Waals surface area contributed by atoms with Gasteiger partial charge in [-0.25, -0.2) is 0 Å². The molecule has 0 radical (unpaired) electrons. The Hall–Kier alpha value is -0.980. The van der Waals surface area contributed by atoms with E-state index in [2.05, 4.69) is 0 Å². The van der Waals surface area contributed by atoms with Crippen LogP contribution in [0.15, 0.2) is 0 Å². The molecule has 2 fully saturated rings. The molecule has 0 spiro atoms. The van der Waals surface area contributed by atoms with E-state index >= 15 is 0 Å². The third kappa shape index (κ3) is 5.50. The number of hydrogen-bond acceptors (Lipinski definition) is 6. The number of carbonyl (C=O) groups excluding carboxylic acids is 1. The van der Waals surface area contributed by atoms with Gasteiger partial charge in [-0.3, -0.25) is 9.35 Å². The van der Waals surface area contributed by atoms with Gasteiger partial charge in [-0.2, -0.15) is 26.0 Å². The summed E-state index contributed by atoms with van der Waals surface area (Å²) < 4.78 is 88.7. The lowest BCUT2D eigenvalue weighted by Gasteiger charge is -2.46. The Balaban J connectivity index is 2.18. The number of hydrogen-bond donors (Lipinski definition) is 3. The van der Waals surface area contributed by atoms with Crippen LogP contribution in [0.5, 0.6) is 0 Å². The zero-order valence-electron chi connectivity index (χ0n) is 20.6. The van der Waals surface area contributed by atoms with E-state index < -0.39 is 57.4 Å². The average molecular weight is 535 g/mol. The van der Waals surface area contributed by atoms with E-state index in [0.29, 0.717) is 44.9 Å². The highest BCUT2D eigenvalue weighted by Gasteiger charge is 2.65. The van der Waals surface area contributed by atoms with E-state index in [1.165, 1.54) is 0 Å². The summed E-state index contributed by atoms with van der Waals surface area (Å²) in [6, 6.07) is 0. The molecule has 0 aromatic heterocycles. The van der Waals surface area contributed by atoms with Gasteiger partial charge in [0.25, 0.3) is 0 Å². The van der Waals surface area contributed by atoms with Crippen LogP contribution in [-0.2, 0) is 19.6 Å². The van der Waals surface area contributed by atoms with Crippen LogP contribution in [0, 0.1) is 29.6 Å². The van der Waals surface area contributed by atoms with Gasteiger partial charge in [0.15, 0.2) is 0 Å². The maximum Gasteiger partial charge on any atom is 0.431 e. The van der Waals surface area contributed by atoms with Crippen LogP contribution >= 0.6 is 0 Å². The average Bonchev–Trinajstić information content (AvgIpc) is 3.07. The first-order valence-corrected chi connectivity index (χ1v) is 13.7. The van der Waals surface area contributed by atoms with Crippen LogP contribution < -0.4 is 0 Å². The topological polar surface area (TPSA) is 121 Å². The Morgan fingerprint density at radius 3 is 1.60 bits per heavy atom. The second-order valence-corrected chi connectivity index (χ2v) is 11.7. The molecule has 35 heavy (non-hydrogen) atoms. The lowest BCUT2D eigenvalue weighted by molar-refractivity contribution is -0.176. The molecule has 7 nitrogen and oxygen atoms in total. The number of halogens is 4. The summed E-state index contributed by atoms with van der Waals surface area (Å²) in [6.07, 6.45) is 1.37. The van der Waals surface area contributed by atoms with Crippen LogP contribution in [0.1, 0.15) is 79.1 Å². The predicted molar refractivity (Wildman–Crippen MR) is 119 cm³/mol. The molecule has 4 unspecified atom stereocenters. The lowest BCUT2D eigenvalue weighted by atomic mass is 9.65. The summed E-state index contributed by atoms with van der Waals surface area (Å²) in [4.78, 5) is 12.7. The van der Waals surface area contributed by atoms with Gasteiger partial charge < -0.3 is 14.9 Å². The number of rotatable bonds is 12. The van der Waals surface area contributed by atoms with Crippen molar-refractivity contribution >= 4 is 16.1 Å². The number of ether oxygens (including phenoxy) is 1. The molecule has 0 aliphatic heterocycles. The van der Waals surface area contributed by atoms with Crippen molar-refractivity contribution in [1.29, 1.82) is 0 Å². The fraction of sp³-hybridized carbons (Fsp3) is 0.957. The first kappa shape index (κ1) is 30.2. The maximum absolute atomic E-state index is 13.7. The second-order valence-electron chi connectivity index (χ2n) is 10.2. The smallest absolute Gasteiger partial charge is 0.431 e. The molecular weight excluding hydrogens is 496 g/mol. The molecule has 2 aliphatic carbocycles. The fourth-order valence-corrected chi connectivity index (χ4v) is 6.97. The molecule has 0 heterocycles. The van der Waals surface area contributed by atoms with Gasteiger partial charge in [0.1, 0.15) is 0 Å². The van der Waals surface area contributed by atoms with Crippen molar-refractivity contribution in [2.45, 2.75) is 101 Å². The van der Waals surface area contributed by atoms with E-state index in [4.69, 9.17) is 9.29 Å². The van der Waals surface area contributed by atoms with E-state index in [-0.39, 0.29) is 23.7 Å². The lowest BCUT2D eigenvalue weighted by Crippen LogP contribution is -2.50. The molecule has 2 saturated carbocycles. The molecule has 0 aromatic rings. The Morgan fingerprint density at radius 2 is 1.26 bits per heavy atom. The Morgan fingerprint density at radius 1 is 0.857 bits per heavy atom. The summed E-state index contributed by atoms with van der Waals surface area (Å²) in [6.45, 7) is 6.32. The molecule has 206 valence electrons. The third-order valence-electron chi connectivity index (χ3n) is 8.62. The van der Waals surface area contributed by atoms with Crippen LogP contribution in [-0.4, -0.2) is 58.1 Å². The van der Waals surface area contributed by atoms with Crippen LogP contribution in [0.2, 0.25) is 0 Å². The molecule has 12 heteroatoms. The van der Waals surface area contributed by atoms with Gasteiger partial charge in [0, 0.05) is 0 Å². The van der Waals surface area contributed by atoms with Crippen LogP contribution in [0.4, 0.5) is 17.6 Å². The summed E-state index contributed by atoms with van der Waals surface area (Å²) in [7, 11) is -6.36. The Labute approximate surface area is 204 Å². The highest BCUT2D eigenvalue weighted by Crippen LogP contribution is 2.60. The highest BCUT2D eigenvalue weighted by atomic mass is 32.2. The minimum Gasteiger partial charge on any atom is -0.465 e. The SMILES string of the molecule is CCC(O)(CC)C1C2CC(C(=O)OCCC(F)(F)C(F)(F)S(=O)(=O)O)CC(C2)C1C(O)(CC)CC. The number of carbonyl (C=O) groups is 1. The first-order valence-electron chi connectivity index (χ1n) is 12.3. The zero-order chi connectivity index (χ0) is 27.0. The number of fused-ring (bicyclic) bond motifs is 2. The van der Waals surface area contributed by atoms with Crippen molar-refractivity contribution in [3.8, 4) is 0 Å². The minimum atomic E-state index is -6.36. The predicted octanol–water partition coefficient (Wildman–Crippen LogP) is 4.42. The third-order valence-corrected chi connectivity index (χ3v) is 9.56.